The average Bonchev–Trinajstić information content (AvgIpc) is 4.09. The molecule has 11 rings (SSSR count). The molecule has 6 nitrogen and oxygen atoms in total. The van der Waals surface area contributed by atoms with Crippen molar-refractivity contribution >= 4 is 57.3 Å². The van der Waals surface area contributed by atoms with E-state index in [9.17, 15) is 0 Å². The molecule has 0 N–H and O–H groups in total. The van der Waals surface area contributed by atoms with Crippen LogP contribution in [-0.2, 0) is 31.9 Å². The zero-order valence-corrected chi connectivity index (χ0v) is 44.8. The summed E-state index contributed by atoms with van der Waals surface area (Å²) in [5.41, 5.74) is 15.2. The van der Waals surface area contributed by atoms with Crippen LogP contribution in [0, 0.1) is 25.0 Å². The number of imidazole rings is 1. The Balaban J connectivity index is 0.000000250. The Bertz CT molecular complexity index is 3450. The molecular weight excluding hydrogens is 1040 g/mol. The van der Waals surface area contributed by atoms with Crippen molar-refractivity contribution in [1.29, 1.82) is 0 Å². The smallest absolute Gasteiger partial charge is 0.216 e. The summed E-state index contributed by atoms with van der Waals surface area (Å²) >= 11 is 0. The van der Waals surface area contributed by atoms with Gasteiger partial charge in [-0.25, -0.2) is 4.98 Å². The van der Waals surface area contributed by atoms with Crippen molar-refractivity contribution in [2.45, 2.75) is 105 Å². The van der Waals surface area contributed by atoms with Crippen LogP contribution < -0.4 is 5.19 Å². The topological polar surface area (TPSA) is 69.6 Å². The van der Waals surface area contributed by atoms with E-state index in [1.54, 1.807) is 0 Å². The summed E-state index contributed by atoms with van der Waals surface area (Å²) < 4.78 is 9.00. The van der Waals surface area contributed by atoms with Gasteiger partial charge in [0.1, 0.15) is 0 Å². The summed E-state index contributed by atoms with van der Waals surface area (Å²) in [5.74, 6) is 2.03. The standard InChI is InChI=1S/C44H39N4O.C17H22NSi.Ir/c1-27-17-18-30-19-23-37-40(39(30)45-27)48(38-24-20-31(26-36(38)44(2,3)4)29-13-6-5-7-14-29)42(47-37)35-16-10-15-33-34-22-21-32(25-28-11-8-9-12-28)46-43(34)49-41(33)35;1-13(2)15-11-16(14-9-7-6-8-10-14)18-12-17(15)19(3,4)5;/h5-7,10,13-15,17-24,26,28H,8-9,11-12,25H2,1-4H3;6-9,11-13H,1-5H3;/q2*-1;. The number of hydrogen-bond donors (Lipinski definition) is 0. The number of fused-ring (bicyclic) bond motifs is 6. The monoisotopic (exact) mass is 1100 g/mol. The second-order valence-electron chi connectivity index (χ2n) is 21.1. The minimum absolute atomic E-state index is 0. The zero-order chi connectivity index (χ0) is 47.3. The predicted molar refractivity (Wildman–Crippen MR) is 286 cm³/mol. The van der Waals surface area contributed by atoms with Crippen molar-refractivity contribution in [2.24, 2.45) is 5.92 Å². The molecule has 0 saturated heterocycles. The molecule has 5 aromatic heterocycles. The number of furan rings is 1. The molecule has 1 fully saturated rings. The first kappa shape index (κ1) is 48.0. The third-order valence-corrected chi connectivity index (χ3v) is 15.7. The van der Waals surface area contributed by atoms with Crippen LogP contribution in [0.2, 0.25) is 19.6 Å². The van der Waals surface area contributed by atoms with Crippen molar-refractivity contribution in [3.63, 3.8) is 0 Å². The Kier molecular flexibility index (Phi) is 13.5. The fourth-order valence-corrected chi connectivity index (χ4v) is 11.8. The van der Waals surface area contributed by atoms with Crippen LogP contribution in [0.5, 0.6) is 0 Å². The summed E-state index contributed by atoms with van der Waals surface area (Å²) in [7, 11) is -1.34. The Labute approximate surface area is 422 Å². The second-order valence-corrected chi connectivity index (χ2v) is 26.2. The Morgan fingerprint density at radius 2 is 1.54 bits per heavy atom. The molecule has 1 aliphatic rings. The van der Waals surface area contributed by atoms with E-state index in [2.05, 4.69) is 185 Å². The molecule has 5 aromatic carbocycles. The van der Waals surface area contributed by atoms with Crippen LogP contribution in [0.1, 0.15) is 88.7 Å². The maximum atomic E-state index is 6.70. The quantitative estimate of drug-likeness (QED) is 0.112. The molecule has 0 amide bonds. The van der Waals surface area contributed by atoms with Crippen molar-refractivity contribution < 1.29 is 24.5 Å². The largest absolute Gasteiger partial charge is 0.486 e. The van der Waals surface area contributed by atoms with Crippen LogP contribution in [0.15, 0.2) is 138 Å². The van der Waals surface area contributed by atoms with Crippen LogP contribution in [-0.4, -0.2) is 32.6 Å². The van der Waals surface area contributed by atoms with Gasteiger partial charge in [0.25, 0.3) is 0 Å². The minimum atomic E-state index is -1.34. The first-order valence-electron chi connectivity index (χ1n) is 24.4. The van der Waals surface area contributed by atoms with E-state index in [4.69, 9.17) is 19.4 Å². The number of nitrogens with zero attached hydrogens (tertiary/aromatic N) is 5. The van der Waals surface area contributed by atoms with E-state index in [1.165, 1.54) is 53.1 Å². The van der Waals surface area contributed by atoms with Gasteiger partial charge < -0.3 is 14.0 Å². The average molecular weight is 1100 g/mol. The Hall–Kier alpha value is -6.05. The van der Waals surface area contributed by atoms with E-state index in [0.717, 1.165) is 90.4 Å². The molecular formula is C61H61IrN5OSi-2. The van der Waals surface area contributed by atoms with Crippen LogP contribution in [0.3, 0.4) is 0 Å². The number of pyridine rings is 3. The third-order valence-electron chi connectivity index (χ3n) is 13.7. The van der Waals surface area contributed by atoms with Gasteiger partial charge in [-0.2, -0.15) is 0 Å². The van der Waals surface area contributed by atoms with Gasteiger partial charge in [0.05, 0.1) is 36.0 Å². The van der Waals surface area contributed by atoms with E-state index in [-0.39, 0.29) is 25.5 Å². The Morgan fingerprint density at radius 3 is 2.26 bits per heavy atom. The van der Waals surface area contributed by atoms with Gasteiger partial charge in [-0.1, -0.05) is 151 Å². The van der Waals surface area contributed by atoms with Crippen molar-refractivity contribution in [3.05, 3.63) is 168 Å². The summed E-state index contributed by atoms with van der Waals surface area (Å²) in [6, 6.07) is 51.4. The summed E-state index contributed by atoms with van der Waals surface area (Å²) in [6.07, 6.45) is 8.35. The summed E-state index contributed by atoms with van der Waals surface area (Å²) in [5, 5.41) is 4.60. The molecule has 351 valence electrons. The Morgan fingerprint density at radius 1 is 0.768 bits per heavy atom. The van der Waals surface area contributed by atoms with Gasteiger partial charge in [-0.05, 0) is 94.6 Å². The minimum Gasteiger partial charge on any atom is -0.486 e. The number of benzene rings is 5. The molecule has 0 unspecified atom stereocenters. The maximum absolute atomic E-state index is 6.70. The maximum Gasteiger partial charge on any atom is 0.216 e. The van der Waals surface area contributed by atoms with Crippen molar-refractivity contribution in [1.82, 2.24) is 24.5 Å². The fraction of sp³-hybridized carbons (Fsp3) is 0.279. The molecule has 69 heavy (non-hydrogen) atoms. The van der Waals surface area contributed by atoms with Gasteiger partial charge in [-0.3, -0.25) is 9.97 Å². The molecule has 1 saturated carbocycles. The molecule has 5 heterocycles. The van der Waals surface area contributed by atoms with E-state index in [0.29, 0.717) is 11.6 Å². The van der Waals surface area contributed by atoms with E-state index in [1.807, 2.05) is 31.2 Å². The molecule has 0 aliphatic heterocycles. The third kappa shape index (κ3) is 9.64. The fourth-order valence-electron chi connectivity index (χ4n) is 10.1. The number of aryl methyl sites for hydroxylation is 1. The second kappa shape index (κ2) is 19.4. The number of rotatable bonds is 8. The molecule has 10 aromatic rings. The van der Waals surface area contributed by atoms with Gasteiger partial charge >= 0.3 is 0 Å². The normalized spacial score (nSPS) is 13.4. The van der Waals surface area contributed by atoms with Gasteiger partial charge in [0.15, 0.2) is 0 Å². The van der Waals surface area contributed by atoms with E-state index >= 15 is 0 Å². The van der Waals surface area contributed by atoms with Crippen molar-refractivity contribution in [2.75, 3.05) is 0 Å². The number of hydrogen-bond acceptors (Lipinski definition) is 5. The van der Waals surface area contributed by atoms with Gasteiger partial charge in [-0.15, -0.1) is 54.1 Å². The zero-order valence-electron chi connectivity index (χ0n) is 41.4. The SMILES string of the molecule is CC(C)c1cc(-c2[c-]cccc2)ncc1[Si](C)(C)C.Cc1ccc2ccc3nc(-c4[c-]ccc5c4oc4nc(CC6CCCC6)ccc45)n(-c4ccc(-c5ccccc5)cc4C(C)(C)C)c3c2n1.[Ir]. The first-order valence-corrected chi connectivity index (χ1v) is 27.9. The summed E-state index contributed by atoms with van der Waals surface area (Å²) in [4.78, 5) is 20.2. The van der Waals surface area contributed by atoms with Crippen LogP contribution >= 0.6 is 0 Å². The van der Waals surface area contributed by atoms with Gasteiger partial charge in [0.2, 0.25) is 5.71 Å². The van der Waals surface area contributed by atoms with E-state index < -0.39 is 8.07 Å². The van der Waals surface area contributed by atoms with Crippen LogP contribution in [0.4, 0.5) is 0 Å². The molecule has 0 atom stereocenters. The summed E-state index contributed by atoms with van der Waals surface area (Å²) in [6.45, 7) is 20.5. The van der Waals surface area contributed by atoms with Crippen LogP contribution in [0.25, 0.3) is 83.5 Å². The molecule has 1 radical (unpaired) electrons. The van der Waals surface area contributed by atoms with Crippen molar-refractivity contribution in [3.8, 4) is 39.5 Å². The first-order chi connectivity index (χ1) is 32.7. The molecule has 8 heteroatoms. The number of aromatic nitrogens is 5. The molecule has 0 bridgehead atoms. The molecule has 0 spiro atoms. The molecule has 1 aliphatic carbocycles. The predicted octanol–water partition coefficient (Wildman–Crippen LogP) is 15.6. The van der Waals surface area contributed by atoms with Gasteiger partial charge in [0, 0.05) is 54.1 Å².